The van der Waals surface area contributed by atoms with Crippen LogP contribution in [0.2, 0.25) is 0 Å². The lowest BCUT2D eigenvalue weighted by molar-refractivity contribution is -0.870. The van der Waals surface area contributed by atoms with E-state index in [-0.39, 0.29) is 32.0 Å². The van der Waals surface area contributed by atoms with Crippen molar-refractivity contribution in [2.75, 3.05) is 47.5 Å². The van der Waals surface area contributed by atoms with Crippen LogP contribution in [0, 0.1) is 0 Å². The third-order valence-corrected chi connectivity index (χ3v) is 11.6. The van der Waals surface area contributed by atoms with Crippen molar-refractivity contribution < 1.29 is 42.1 Å². The van der Waals surface area contributed by atoms with Gasteiger partial charge in [0.05, 0.1) is 27.7 Å². The van der Waals surface area contributed by atoms with Crippen LogP contribution in [0.1, 0.15) is 219 Å². The first-order chi connectivity index (χ1) is 29.0. The van der Waals surface area contributed by atoms with E-state index in [1.807, 2.05) is 21.1 Å². The zero-order valence-corrected chi connectivity index (χ0v) is 40.6. The molecule has 0 spiro atoms. The van der Waals surface area contributed by atoms with Crippen LogP contribution in [0.5, 0.6) is 0 Å². The highest BCUT2D eigenvalue weighted by Gasteiger charge is 2.27. The van der Waals surface area contributed by atoms with Crippen LogP contribution in [0.25, 0.3) is 0 Å². The Hall–Kier alpha value is -1.77. The summed E-state index contributed by atoms with van der Waals surface area (Å²) < 4.78 is 34.4. The van der Waals surface area contributed by atoms with E-state index >= 15 is 0 Å². The Morgan fingerprint density at radius 1 is 0.517 bits per heavy atom. The van der Waals surface area contributed by atoms with Gasteiger partial charge in [-0.25, -0.2) is 4.57 Å². The second-order valence-corrected chi connectivity index (χ2v) is 19.3. The molecule has 0 heterocycles. The number of quaternary nitrogens is 1. The molecule has 0 aliphatic rings. The Bertz CT molecular complexity index is 1120. The Labute approximate surface area is 370 Å². The van der Waals surface area contributed by atoms with E-state index in [2.05, 4.69) is 50.3 Å². The van der Waals surface area contributed by atoms with E-state index in [1.54, 1.807) is 0 Å². The van der Waals surface area contributed by atoms with Crippen LogP contribution in [-0.4, -0.2) is 74.9 Å². The van der Waals surface area contributed by atoms with Crippen LogP contribution >= 0.6 is 7.82 Å². The topological polar surface area (TPSA) is 108 Å². The standard InChI is InChI=1S/C50H94NO8P/c1-6-8-10-12-14-16-18-20-21-22-23-24-25-26-27-28-29-31-32-34-36-38-40-42-49(52)56-46-48(47-58-60(54,55)57-45-44-51(3,4)5)59-50(53)43-41-39-37-35-33-30-19-17-15-13-11-9-7-2/h11,13,17,19,22-23,48H,6-10,12,14-16,18,20-21,24-47H2,1-5H3/p+1/b13-11-,19-17-,23-22-. The van der Waals surface area contributed by atoms with E-state index in [0.29, 0.717) is 17.4 Å². The van der Waals surface area contributed by atoms with Gasteiger partial charge in [0.1, 0.15) is 19.8 Å². The van der Waals surface area contributed by atoms with Crippen molar-refractivity contribution in [1.82, 2.24) is 0 Å². The highest BCUT2D eigenvalue weighted by atomic mass is 31.2. The maximum Gasteiger partial charge on any atom is 0.472 e. The molecule has 2 unspecified atom stereocenters. The lowest BCUT2D eigenvalue weighted by atomic mass is 10.0. The van der Waals surface area contributed by atoms with Gasteiger partial charge in [0, 0.05) is 12.8 Å². The van der Waals surface area contributed by atoms with E-state index in [4.69, 9.17) is 18.5 Å². The third kappa shape index (κ3) is 45.7. The molecule has 0 aromatic rings. The number of ether oxygens (including phenoxy) is 2. The molecule has 2 atom stereocenters. The van der Waals surface area contributed by atoms with E-state index in [0.717, 1.165) is 64.2 Å². The number of allylic oxidation sites excluding steroid dienone is 6. The molecule has 0 rings (SSSR count). The van der Waals surface area contributed by atoms with Crippen molar-refractivity contribution in [2.24, 2.45) is 0 Å². The van der Waals surface area contributed by atoms with Crippen molar-refractivity contribution in [3.63, 3.8) is 0 Å². The van der Waals surface area contributed by atoms with Crippen molar-refractivity contribution in [2.45, 2.75) is 225 Å². The summed E-state index contributed by atoms with van der Waals surface area (Å²) in [6.07, 6.45) is 49.2. The van der Waals surface area contributed by atoms with Crippen molar-refractivity contribution in [3.8, 4) is 0 Å². The monoisotopic (exact) mass is 869 g/mol. The minimum absolute atomic E-state index is 0.0289. The summed E-state index contributed by atoms with van der Waals surface area (Å²) in [5.74, 6) is -0.811. The summed E-state index contributed by atoms with van der Waals surface area (Å²) in [4.78, 5) is 35.4. The average molecular weight is 869 g/mol. The number of carbonyl (C=O) groups excluding carboxylic acids is 2. The fourth-order valence-electron chi connectivity index (χ4n) is 6.75. The number of likely N-dealkylation sites (N-methyl/N-ethyl adjacent to an activating group) is 1. The molecule has 0 aromatic carbocycles. The number of carbonyl (C=O) groups is 2. The predicted molar refractivity (Wildman–Crippen MR) is 252 cm³/mol. The number of hydrogen-bond acceptors (Lipinski definition) is 7. The van der Waals surface area contributed by atoms with Crippen LogP contribution in [-0.2, 0) is 32.7 Å². The molecule has 0 aliphatic carbocycles. The Morgan fingerprint density at radius 3 is 1.40 bits per heavy atom. The molecule has 0 bridgehead atoms. The molecule has 0 saturated carbocycles. The van der Waals surface area contributed by atoms with Gasteiger partial charge in [-0.05, 0) is 64.2 Å². The molecular weight excluding hydrogens is 774 g/mol. The molecule has 9 nitrogen and oxygen atoms in total. The van der Waals surface area contributed by atoms with Gasteiger partial charge in [-0.3, -0.25) is 18.6 Å². The van der Waals surface area contributed by atoms with Crippen LogP contribution in [0.15, 0.2) is 36.5 Å². The summed E-state index contributed by atoms with van der Waals surface area (Å²) in [5, 5.41) is 0. The van der Waals surface area contributed by atoms with Gasteiger partial charge < -0.3 is 18.9 Å². The Balaban J connectivity index is 4.20. The smallest absolute Gasteiger partial charge is 0.462 e. The summed E-state index contributed by atoms with van der Waals surface area (Å²) in [7, 11) is 1.47. The average Bonchev–Trinajstić information content (AvgIpc) is 3.20. The molecular formula is C50H95NO8P+. The number of phosphoric ester groups is 1. The van der Waals surface area contributed by atoms with Crippen molar-refractivity contribution in [3.05, 3.63) is 36.5 Å². The number of rotatable bonds is 45. The molecule has 0 aliphatic heterocycles. The molecule has 0 amide bonds. The Morgan fingerprint density at radius 2 is 0.933 bits per heavy atom. The molecule has 0 radical (unpaired) electrons. The summed E-state index contributed by atoms with van der Waals surface area (Å²) in [6.45, 7) is 4.36. The minimum atomic E-state index is -4.38. The first-order valence-electron chi connectivity index (χ1n) is 24.7. The van der Waals surface area contributed by atoms with Gasteiger partial charge in [0.2, 0.25) is 0 Å². The summed E-state index contributed by atoms with van der Waals surface area (Å²) in [6, 6.07) is 0. The number of hydrogen-bond donors (Lipinski definition) is 1. The number of phosphoric acid groups is 1. The molecule has 352 valence electrons. The Kier molecular flexibility index (Phi) is 41.3. The number of unbranched alkanes of at least 4 members (excludes halogenated alkanes) is 25. The first-order valence-corrected chi connectivity index (χ1v) is 26.2. The molecule has 1 N–H and O–H groups in total. The maximum absolute atomic E-state index is 12.7. The molecule has 10 heteroatoms. The van der Waals surface area contributed by atoms with Gasteiger partial charge in [0.25, 0.3) is 0 Å². The van der Waals surface area contributed by atoms with Gasteiger partial charge in [-0.15, -0.1) is 0 Å². The second kappa shape index (κ2) is 42.5. The van der Waals surface area contributed by atoms with Crippen LogP contribution in [0.3, 0.4) is 0 Å². The van der Waals surface area contributed by atoms with Crippen molar-refractivity contribution >= 4 is 19.8 Å². The van der Waals surface area contributed by atoms with Crippen LogP contribution < -0.4 is 0 Å². The third-order valence-electron chi connectivity index (χ3n) is 10.6. The van der Waals surface area contributed by atoms with Crippen molar-refractivity contribution in [1.29, 1.82) is 0 Å². The SMILES string of the molecule is CCC/C=C\C/C=C\CCCCCCCC(=O)OC(COC(=O)CCCCCCCCCCCCC/C=C\CCCCCCCCCC)COP(=O)(O)OCC[N+](C)(C)C. The fourth-order valence-corrected chi connectivity index (χ4v) is 7.49. The predicted octanol–water partition coefficient (Wildman–Crippen LogP) is 14.5. The lowest BCUT2D eigenvalue weighted by Crippen LogP contribution is -2.37. The van der Waals surface area contributed by atoms with Gasteiger partial charge in [-0.1, -0.05) is 179 Å². The van der Waals surface area contributed by atoms with Gasteiger partial charge in [-0.2, -0.15) is 0 Å². The fraction of sp³-hybridized carbons (Fsp3) is 0.840. The lowest BCUT2D eigenvalue weighted by Gasteiger charge is -2.24. The molecule has 0 fully saturated rings. The summed E-state index contributed by atoms with van der Waals surface area (Å²) >= 11 is 0. The number of esters is 2. The maximum atomic E-state index is 12.7. The van der Waals surface area contributed by atoms with E-state index < -0.39 is 26.5 Å². The van der Waals surface area contributed by atoms with Crippen LogP contribution in [0.4, 0.5) is 0 Å². The highest BCUT2D eigenvalue weighted by molar-refractivity contribution is 7.47. The molecule has 0 saturated heterocycles. The van der Waals surface area contributed by atoms with E-state index in [1.165, 1.54) is 122 Å². The zero-order chi connectivity index (χ0) is 44.3. The largest absolute Gasteiger partial charge is 0.472 e. The second-order valence-electron chi connectivity index (χ2n) is 17.8. The quantitative estimate of drug-likeness (QED) is 0.0212. The normalized spacial score (nSPS) is 13.8. The van der Waals surface area contributed by atoms with E-state index in [9.17, 15) is 19.0 Å². The number of nitrogens with zero attached hydrogens (tertiary/aromatic N) is 1. The highest BCUT2D eigenvalue weighted by Crippen LogP contribution is 2.43. The first kappa shape index (κ1) is 58.2. The van der Waals surface area contributed by atoms with Gasteiger partial charge >= 0.3 is 19.8 Å². The minimum Gasteiger partial charge on any atom is -0.462 e. The molecule has 60 heavy (non-hydrogen) atoms. The summed E-state index contributed by atoms with van der Waals surface area (Å²) in [5.41, 5.74) is 0. The molecule has 0 aromatic heterocycles. The van der Waals surface area contributed by atoms with Gasteiger partial charge in [0.15, 0.2) is 6.10 Å². The zero-order valence-electron chi connectivity index (χ0n) is 39.7.